The topological polar surface area (TPSA) is 79.6 Å². The first-order chi connectivity index (χ1) is 10.4. The Morgan fingerprint density at radius 2 is 2.14 bits per heavy atom. The molecule has 0 saturated carbocycles. The summed E-state index contributed by atoms with van der Waals surface area (Å²) in [6.45, 7) is 1.97. The Hall–Kier alpha value is -1.19. The lowest BCUT2D eigenvalue weighted by atomic mass is 9.98. The van der Waals surface area contributed by atoms with Crippen molar-refractivity contribution in [3.8, 4) is 0 Å². The smallest absolute Gasteiger partial charge is 0.211 e. The molecule has 0 spiro atoms. The highest BCUT2D eigenvalue weighted by Gasteiger charge is 2.24. The highest BCUT2D eigenvalue weighted by molar-refractivity contribution is 9.10. The second kappa shape index (κ2) is 6.13. The Bertz CT molecular complexity index is 768. The fourth-order valence-corrected chi connectivity index (χ4v) is 4.06. The second-order valence-electron chi connectivity index (χ2n) is 5.55. The van der Waals surface area contributed by atoms with Crippen molar-refractivity contribution in [1.29, 1.82) is 0 Å². The van der Waals surface area contributed by atoms with Crippen LogP contribution in [0.1, 0.15) is 12.8 Å². The van der Waals surface area contributed by atoms with Crippen LogP contribution in [0.15, 0.2) is 23.1 Å². The van der Waals surface area contributed by atoms with E-state index in [4.69, 9.17) is 0 Å². The number of sulfonamides is 1. The molecule has 3 heterocycles. The first-order valence-corrected chi connectivity index (χ1v) is 9.76. The molecule has 1 aliphatic rings. The summed E-state index contributed by atoms with van der Waals surface area (Å²) in [6, 6.07) is 0. The lowest BCUT2D eigenvalue weighted by Gasteiger charge is -2.30. The van der Waals surface area contributed by atoms with Gasteiger partial charge in [0.25, 0.3) is 0 Å². The lowest BCUT2D eigenvalue weighted by molar-refractivity contribution is 0.283. The van der Waals surface area contributed by atoms with Crippen molar-refractivity contribution in [3.63, 3.8) is 0 Å². The molecular formula is C13H18BrN5O2S. The Labute approximate surface area is 137 Å². The van der Waals surface area contributed by atoms with E-state index in [-0.39, 0.29) is 0 Å². The van der Waals surface area contributed by atoms with E-state index in [1.54, 1.807) is 27.4 Å². The highest BCUT2D eigenvalue weighted by atomic mass is 79.9. The van der Waals surface area contributed by atoms with Crippen LogP contribution in [0.5, 0.6) is 0 Å². The molecule has 9 heteroatoms. The minimum Gasteiger partial charge on any atom is -0.368 e. The maximum absolute atomic E-state index is 11.5. The van der Waals surface area contributed by atoms with Gasteiger partial charge in [0.05, 0.1) is 16.9 Å². The van der Waals surface area contributed by atoms with Crippen molar-refractivity contribution in [2.24, 2.45) is 5.92 Å². The Kier molecular flexibility index (Phi) is 4.37. The molecule has 0 aromatic carbocycles. The van der Waals surface area contributed by atoms with Crippen molar-refractivity contribution < 1.29 is 8.42 Å². The van der Waals surface area contributed by atoms with Crippen molar-refractivity contribution in [2.75, 3.05) is 31.2 Å². The third kappa shape index (κ3) is 3.26. The summed E-state index contributed by atoms with van der Waals surface area (Å²) in [6.07, 6.45) is 8.25. The van der Waals surface area contributed by atoms with Crippen molar-refractivity contribution in [2.45, 2.75) is 12.8 Å². The van der Waals surface area contributed by atoms with Crippen molar-refractivity contribution >= 4 is 37.3 Å². The van der Waals surface area contributed by atoms with E-state index in [1.807, 2.05) is 0 Å². The fourth-order valence-electron chi connectivity index (χ4n) is 2.72. The van der Waals surface area contributed by atoms with Crippen LogP contribution < -0.4 is 5.32 Å². The zero-order valence-electron chi connectivity index (χ0n) is 12.2. The summed E-state index contributed by atoms with van der Waals surface area (Å²) in [4.78, 5) is 4.37. The van der Waals surface area contributed by atoms with Gasteiger partial charge in [0.2, 0.25) is 10.0 Å². The molecule has 1 fully saturated rings. The molecule has 2 aromatic rings. The summed E-state index contributed by atoms with van der Waals surface area (Å²) in [5, 5.41) is 7.60. The number of rotatable bonds is 4. The summed E-state index contributed by atoms with van der Waals surface area (Å²) < 4.78 is 27.2. The molecule has 7 nitrogen and oxygen atoms in total. The number of aromatic nitrogens is 3. The van der Waals surface area contributed by atoms with Gasteiger partial charge in [-0.2, -0.15) is 5.10 Å². The summed E-state index contributed by atoms with van der Waals surface area (Å²) >= 11 is 3.48. The number of halogens is 1. The molecule has 120 valence electrons. The van der Waals surface area contributed by atoms with E-state index in [0.29, 0.717) is 19.0 Å². The van der Waals surface area contributed by atoms with Crippen LogP contribution >= 0.6 is 15.9 Å². The number of fused-ring (bicyclic) bond motifs is 1. The number of piperidine rings is 1. The standard InChI is InChI=1S/C13H18BrN5O2S/c1-22(20,21)18-5-2-10(3-6-18)8-16-13-12-11(14)9-17-19(12)7-4-15-13/h4,7,9-10H,2-3,5-6,8H2,1H3,(H,15,16). The molecule has 1 saturated heterocycles. The number of nitrogens with zero attached hydrogens (tertiary/aromatic N) is 4. The first-order valence-electron chi connectivity index (χ1n) is 7.12. The average molecular weight is 388 g/mol. The van der Waals surface area contributed by atoms with Crippen LogP contribution in [-0.2, 0) is 10.0 Å². The normalized spacial score (nSPS) is 17.9. The maximum atomic E-state index is 11.5. The molecule has 2 aromatic heterocycles. The van der Waals surface area contributed by atoms with Gasteiger partial charge >= 0.3 is 0 Å². The zero-order valence-corrected chi connectivity index (χ0v) is 14.6. The van der Waals surface area contributed by atoms with Crippen LogP contribution in [-0.4, -0.2) is 53.2 Å². The van der Waals surface area contributed by atoms with E-state index in [0.717, 1.165) is 35.2 Å². The highest BCUT2D eigenvalue weighted by Crippen LogP contribution is 2.25. The van der Waals surface area contributed by atoms with Crippen LogP contribution in [0.25, 0.3) is 5.52 Å². The molecule has 0 bridgehead atoms. The van der Waals surface area contributed by atoms with E-state index >= 15 is 0 Å². The van der Waals surface area contributed by atoms with Crippen LogP contribution in [0.2, 0.25) is 0 Å². The molecule has 1 aliphatic heterocycles. The summed E-state index contributed by atoms with van der Waals surface area (Å²) in [5.74, 6) is 1.24. The predicted octanol–water partition coefficient (Wildman–Crippen LogP) is 1.58. The van der Waals surface area contributed by atoms with Crippen molar-refractivity contribution in [3.05, 3.63) is 23.1 Å². The molecular weight excluding hydrogens is 370 g/mol. The third-order valence-corrected chi connectivity index (χ3v) is 5.87. The average Bonchev–Trinajstić information content (AvgIpc) is 2.87. The number of hydrogen-bond acceptors (Lipinski definition) is 5. The van der Waals surface area contributed by atoms with Gasteiger partial charge in [0, 0.05) is 32.0 Å². The quantitative estimate of drug-likeness (QED) is 0.860. The largest absolute Gasteiger partial charge is 0.368 e. The molecule has 0 amide bonds. The van der Waals surface area contributed by atoms with E-state index in [9.17, 15) is 8.42 Å². The monoisotopic (exact) mass is 387 g/mol. The van der Waals surface area contributed by atoms with E-state index in [1.165, 1.54) is 6.26 Å². The molecule has 0 radical (unpaired) electrons. The van der Waals surface area contributed by atoms with Gasteiger partial charge in [-0.15, -0.1) is 0 Å². The lowest BCUT2D eigenvalue weighted by Crippen LogP contribution is -2.39. The Morgan fingerprint density at radius 1 is 1.41 bits per heavy atom. The number of nitrogens with one attached hydrogen (secondary N) is 1. The van der Waals surface area contributed by atoms with Crippen LogP contribution in [0.4, 0.5) is 5.82 Å². The van der Waals surface area contributed by atoms with Crippen LogP contribution in [0, 0.1) is 5.92 Å². The van der Waals surface area contributed by atoms with Gasteiger partial charge in [0.1, 0.15) is 5.52 Å². The van der Waals surface area contributed by atoms with Crippen molar-refractivity contribution in [1.82, 2.24) is 18.9 Å². The molecule has 1 N–H and O–H groups in total. The SMILES string of the molecule is CS(=O)(=O)N1CCC(CNc2nccn3ncc(Br)c23)CC1. The van der Waals surface area contributed by atoms with Gasteiger partial charge in [-0.05, 0) is 34.7 Å². The Morgan fingerprint density at radius 3 is 2.82 bits per heavy atom. The van der Waals surface area contributed by atoms with Gasteiger partial charge < -0.3 is 5.32 Å². The zero-order chi connectivity index (χ0) is 15.7. The van der Waals surface area contributed by atoms with Crippen LogP contribution in [0.3, 0.4) is 0 Å². The maximum Gasteiger partial charge on any atom is 0.211 e. The Balaban J connectivity index is 1.63. The fraction of sp³-hybridized carbons (Fsp3) is 0.538. The summed E-state index contributed by atoms with van der Waals surface area (Å²) in [5.41, 5.74) is 0.913. The van der Waals surface area contributed by atoms with E-state index < -0.39 is 10.0 Å². The number of hydrogen-bond donors (Lipinski definition) is 1. The molecule has 0 unspecified atom stereocenters. The first kappa shape index (κ1) is 15.7. The number of anilines is 1. The van der Waals surface area contributed by atoms with E-state index in [2.05, 4.69) is 31.3 Å². The molecule has 3 rings (SSSR count). The van der Waals surface area contributed by atoms with Gasteiger partial charge in [0.15, 0.2) is 5.82 Å². The minimum absolute atomic E-state index is 0.446. The van der Waals surface area contributed by atoms with Gasteiger partial charge in [-0.1, -0.05) is 0 Å². The summed E-state index contributed by atoms with van der Waals surface area (Å²) in [7, 11) is -3.06. The molecule has 0 aliphatic carbocycles. The minimum atomic E-state index is -3.06. The third-order valence-electron chi connectivity index (χ3n) is 3.99. The molecule has 22 heavy (non-hydrogen) atoms. The second-order valence-corrected chi connectivity index (χ2v) is 8.38. The molecule has 0 atom stereocenters. The van der Waals surface area contributed by atoms with Gasteiger partial charge in [-0.25, -0.2) is 22.2 Å². The predicted molar refractivity (Wildman–Crippen MR) is 88.3 cm³/mol. The van der Waals surface area contributed by atoms with Gasteiger partial charge in [-0.3, -0.25) is 0 Å².